The second-order valence-electron chi connectivity index (χ2n) is 7.13. The summed E-state index contributed by atoms with van der Waals surface area (Å²) in [6.07, 6.45) is 4.14. The van der Waals surface area contributed by atoms with Gasteiger partial charge in [-0.25, -0.2) is 4.98 Å². The van der Waals surface area contributed by atoms with E-state index in [0.717, 1.165) is 33.8 Å². The first kappa shape index (κ1) is 21.6. The number of rotatable bonds is 11. The van der Waals surface area contributed by atoms with E-state index in [1.165, 1.54) is 11.5 Å². The summed E-state index contributed by atoms with van der Waals surface area (Å²) < 4.78 is 20.6. The Labute approximate surface area is 190 Å². The summed E-state index contributed by atoms with van der Waals surface area (Å²) in [5, 5.41) is 3.62. The van der Waals surface area contributed by atoms with Gasteiger partial charge in [-0.2, -0.15) is 4.37 Å². The van der Waals surface area contributed by atoms with E-state index in [1.807, 2.05) is 47.4 Å². The summed E-state index contributed by atoms with van der Waals surface area (Å²) in [6.45, 7) is 1.36. The molecule has 0 spiro atoms. The lowest BCUT2D eigenvalue weighted by Gasteiger charge is -2.19. The van der Waals surface area contributed by atoms with Crippen LogP contribution < -0.4 is 15.0 Å². The van der Waals surface area contributed by atoms with E-state index in [1.54, 1.807) is 25.7 Å². The minimum Gasteiger partial charge on any atom is -0.497 e. The molecule has 8 nitrogen and oxygen atoms in total. The highest BCUT2D eigenvalue weighted by molar-refractivity contribution is 7.09. The molecule has 0 aliphatic carbocycles. The third-order valence-corrected chi connectivity index (χ3v) is 5.61. The van der Waals surface area contributed by atoms with Crippen molar-refractivity contribution in [3.05, 3.63) is 84.0 Å². The number of furan rings is 2. The molecule has 4 rings (SSSR count). The highest BCUT2D eigenvalue weighted by Crippen LogP contribution is 2.23. The Morgan fingerprint density at radius 1 is 1.12 bits per heavy atom. The number of amides is 1. The Kier molecular flexibility index (Phi) is 7.19. The van der Waals surface area contributed by atoms with E-state index >= 15 is 0 Å². The van der Waals surface area contributed by atoms with Crippen LogP contribution in [0.25, 0.3) is 0 Å². The monoisotopic (exact) mass is 452 g/mol. The van der Waals surface area contributed by atoms with Gasteiger partial charge >= 0.3 is 0 Å². The number of benzene rings is 1. The summed E-state index contributed by atoms with van der Waals surface area (Å²) in [5.74, 6) is 2.98. The molecule has 4 aromatic rings. The van der Waals surface area contributed by atoms with Crippen LogP contribution in [-0.2, 0) is 24.3 Å². The van der Waals surface area contributed by atoms with Gasteiger partial charge in [0, 0.05) is 30.9 Å². The van der Waals surface area contributed by atoms with Crippen LogP contribution in [0, 0.1) is 0 Å². The molecule has 0 fully saturated rings. The van der Waals surface area contributed by atoms with Crippen LogP contribution >= 0.6 is 11.5 Å². The molecule has 166 valence electrons. The molecule has 3 aromatic heterocycles. The van der Waals surface area contributed by atoms with Gasteiger partial charge in [-0.05, 0) is 42.0 Å². The first-order valence-electron chi connectivity index (χ1n) is 10.2. The van der Waals surface area contributed by atoms with Gasteiger partial charge in [0.15, 0.2) is 0 Å². The van der Waals surface area contributed by atoms with Crippen molar-refractivity contribution in [2.24, 2.45) is 0 Å². The van der Waals surface area contributed by atoms with Gasteiger partial charge in [-0.15, -0.1) is 0 Å². The molecule has 0 bridgehead atoms. The van der Waals surface area contributed by atoms with Crippen molar-refractivity contribution < 1.29 is 18.4 Å². The van der Waals surface area contributed by atoms with Crippen LogP contribution in [0.5, 0.6) is 5.75 Å². The van der Waals surface area contributed by atoms with Crippen molar-refractivity contribution in [1.29, 1.82) is 0 Å². The molecule has 32 heavy (non-hydrogen) atoms. The first-order valence-corrected chi connectivity index (χ1v) is 11.0. The molecule has 1 amide bonds. The van der Waals surface area contributed by atoms with Crippen LogP contribution in [0.4, 0.5) is 5.13 Å². The zero-order chi connectivity index (χ0) is 22.2. The Morgan fingerprint density at radius 2 is 1.94 bits per heavy atom. The van der Waals surface area contributed by atoms with Crippen LogP contribution in [0.1, 0.15) is 29.3 Å². The van der Waals surface area contributed by atoms with E-state index in [-0.39, 0.29) is 5.91 Å². The minimum atomic E-state index is -0.0630. The Balaban J connectivity index is 1.40. The summed E-state index contributed by atoms with van der Waals surface area (Å²) in [7, 11) is 1.65. The van der Waals surface area contributed by atoms with Gasteiger partial charge in [-0.1, -0.05) is 12.1 Å². The highest BCUT2D eigenvalue weighted by atomic mass is 32.1. The Morgan fingerprint density at radius 3 is 2.69 bits per heavy atom. The highest BCUT2D eigenvalue weighted by Gasteiger charge is 2.16. The van der Waals surface area contributed by atoms with Gasteiger partial charge in [0.05, 0.1) is 32.7 Å². The average Bonchev–Trinajstić information content (AvgIpc) is 3.58. The molecule has 1 aromatic carbocycles. The number of carbonyl (C=O) groups is 1. The third kappa shape index (κ3) is 5.98. The van der Waals surface area contributed by atoms with Crippen LogP contribution in [0.2, 0.25) is 0 Å². The molecule has 0 aliphatic heterocycles. The molecule has 1 N–H and O–H groups in total. The second-order valence-corrected chi connectivity index (χ2v) is 7.86. The molecule has 0 saturated carbocycles. The number of aromatic nitrogens is 2. The molecule has 0 radical (unpaired) electrons. The van der Waals surface area contributed by atoms with Gasteiger partial charge in [0.25, 0.3) is 0 Å². The molecular weight excluding hydrogens is 428 g/mol. The summed E-state index contributed by atoms with van der Waals surface area (Å²) in [5.41, 5.74) is 1.07. The molecule has 9 heteroatoms. The number of hydrogen-bond acceptors (Lipinski definition) is 8. The first-order chi connectivity index (χ1) is 15.7. The van der Waals surface area contributed by atoms with Crippen molar-refractivity contribution in [3.8, 4) is 5.75 Å². The quantitative estimate of drug-likeness (QED) is 0.367. The number of nitrogens with zero attached hydrogens (tertiary/aromatic N) is 3. The lowest BCUT2D eigenvalue weighted by atomic mass is 10.1. The minimum absolute atomic E-state index is 0.0630. The maximum atomic E-state index is 12.3. The fourth-order valence-electron chi connectivity index (χ4n) is 3.17. The lowest BCUT2D eigenvalue weighted by molar-refractivity contribution is -0.121. The summed E-state index contributed by atoms with van der Waals surface area (Å²) in [4.78, 5) is 19.1. The van der Waals surface area contributed by atoms with E-state index in [2.05, 4.69) is 9.69 Å². The van der Waals surface area contributed by atoms with Crippen molar-refractivity contribution in [1.82, 2.24) is 14.7 Å². The predicted octanol–water partition coefficient (Wildman–Crippen LogP) is 4.04. The van der Waals surface area contributed by atoms with Crippen molar-refractivity contribution in [2.75, 3.05) is 18.6 Å². The third-order valence-electron chi connectivity index (χ3n) is 4.80. The fraction of sp³-hybridized carbons (Fsp3) is 0.261. The van der Waals surface area contributed by atoms with Crippen LogP contribution in [0.15, 0.2) is 69.9 Å². The standard InChI is InChI=1S/C23H24N4O4S/c1-29-18-6-2-5-17(13-18)14-21-25-23(32-26-21)27(16-20-8-4-12-31-20)10-9-22(28)24-15-19-7-3-11-30-19/h2-8,11-13H,9-10,14-16H2,1H3,(H,24,28). The molecule has 0 atom stereocenters. The molecule has 0 saturated heterocycles. The van der Waals surface area contributed by atoms with E-state index in [4.69, 9.17) is 18.6 Å². The number of nitrogens with one attached hydrogen (secondary N) is 1. The molecule has 0 unspecified atom stereocenters. The van der Waals surface area contributed by atoms with Crippen molar-refractivity contribution in [2.45, 2.75) is 25.9 Å². The van der Waals surface area contributed by atoms with Gasteiger partial charge in [0.1, 0.15) is 23.1 Å². The fourth-order valence-corrected chi connectivity index (χ4v) is 3.88. The maximum absolute atomic E-state index is 12.3. The zero-order valence-corrected chi connectivity index (χ0v) is 18.5. The summed E-state index contributed by atoms with van der Waals surface area (Å²) >= 11 is 1.32. The predicted molar refractivity (Wildman–Crippen MR) is 121 cm³/mol. The van der Waals surface area contributed by atoms with Crippen LogP contribution in [0.3, 0.4) is 0 Å². The smallest absolute Gasteiger partial charge is 0.222 e. The van der Waals surface area contributed by atoms with Gasteiger partial charge in [0.2, 0.25) is 11.0 Å². The molecular formula is C23H24N4O4S. The summed E-state index contributed by atoms with van der Waals surface area (Å²) in [6, 6.07) is 15.2. The number of methoxy groups -OCH3 is 1. The average molecular weight is 453 g/mol. The number of anilines is 1. The van der Waals surface area contributed by atoms with Gasteiger partial charge in [-0.3, -0.25) is 4.79 Å². The Bertz CT molecular complexity index is 1110. The van der Waals surface area contributed by atoms with Crippen molar-refractivity contribution >= 4 is 22.6 Å². The van der Waals surface area contributed by atoms with E-state index in [0.29, 0.717) is 32.5 Å². The van der Waals surface area contributed by atoms with E-state index in [9.17, 15) is 4.79 Å². The Hall–Kier alpha value is -3.59. The number of carbonyl (C=O) groups excluding carboxylic acids is 1. The largest absolute Gasteiger partial charge is 0.497 e. The van der Waals surface area contributed by atoms with E-state index < -0.39 is 0 Å². The maximum Gasteiger partial charge on any atom is 0.222 e. The van der Waals surface area contributed by atoms with Gasteiger partial charge < -0.3 is 23.8 Å². The SMILES string of the molecule is COc1cccc(Cc2nsc(N(CCC(=O)NCc3ccco3)Cc3ccco3)n2)c1. The molecule has 0 aliphatic rings. The molecule has 3 heterocycles. The van der Waals surface area contributed by atoms with Crippen molar-refractivity contribution in [3.63, 3.8) is 0 Å². The lowest BCUT2D eigenvalue weighted by Crippen LogP contribution is -2.30. The zero-order valence-electron chi connectivity index (χ0n) is 17.7. The normalized spacial score (nSPS) is 10.8. The number of hydrogen-bond donors (Lipinski definition) is 1. The second kappa shape index (κ2) is 10.6. The topological polar surface area (TPSA) is 93.6 Å². The van der Waals surface area contributed by atoms with Crippen LogP contribution in [-0.4, -0.2) is 28.9 Å². The number of ether oxygens (including phenoxy) is 1.